The summed E-state index contributed by atoms with van der Waals surface area (Å²) in [6, 6.07) is 20.2. The Hall–Kier alpha value is -3.13. The number of nitrogens with zero attached hydrogens (tertiary/aromatic N) is 1. The lowest BCUT2D eigenvalue weighted by atomic mass is 9.70. The van der Waals surface area contributed by atoms with Crippen molar-refractivity contribution < 1.29 is 30.7 Å². The number of hydrogen-bond acceptors (Lipinski definition) is 1. The van der Waals surface area contributed by atoms with Crippen molar-refractivity contribution >= 4 is 0 Å². The number of alkyl halides is 7. The highest BCUT2D eigenvalue weighted by Gasteiger charge is 2.43. The minimum Gasteiger partial charge on any atom is -0.296 e. The number of hydrogen-bond donors (Lipinski definition) is 0. The van der Waals surface area contributed by atoms with E-state index in [1.165, 1.54) is 6.08 Å². The van der Waals surface area contributed by atoms with Crippen LogP contribution in [-0.4, -0.2) is 24.0 Å². The minimum atomic E-state index is -5.03. The Balaban J connectivity index is 1.61. The largest absolute Gasteiger partial charge is 0.416 e. The first-order valence-electron chi connectivity index (χ1n) is 12.5. The van der Waals surface area contributed by atoms with Gasteiger partial charge in [-0.1, -0.05) is 60.7 Å². The first kappa shape index (κ1) is 26.5. The second-order valence-corrected chi connectivity index (χ2v) is 9.96. The van der Waals surface area contributed by atoms with E-state index in [-0.39, 0.29) is 23.9 Å². The molecule has 3 saturated heterocycles. The zero-order chi connectivity index (χ0) is 27.1. The van der Waals surface area contributed by atoms with E-state index in [1.54, 1.807) is 0 Å². The van der Waals surface area contributed by atoms with Crippen molar-refractivity contribution in [1.29, 1.82) is 0 Å². The highest BCUT2D eigenvalue weighted by Crippen LogP contribution is 2.47. The summed E-state index contributed by atoms with van der Waals surface area (Å²) in [4.78, 5) is 2.26. The highest BCUT2D eigenvalue weighted by molar-refractivity contribution is 5.42. The summed E-state index contributed by atoms with van der Waals surface area (Å²) in [7, 11) is 0. The molecule has 0 aromatic heterocycles. The first-order chi connectivity index (χ1) is 18.0. The lowest BCUT2D eigenvalue weighted by molar-refractivity contribution is -0.143. The van der Waals surface area contributed by atoms with Gasteiger partial charge >= 0.3 is 12.4 Å². The Bertz CT molecular complexity index is 1200. The molecule has 3 aromatic carbocycles. The van der Waals surface area contributed by atoms with Crippen molar-refractivity contribution in [3.05, 3.63) is 118 Å². The van der Waals surface area contributed by atoms with Crippen molar-refractivity contribution in [2.75, 3.05) is 13.1 Å². The van der Waals surface area contributed by atoms with Crippen molar-refractivity contribution in [1.82, 2.24) is 4.90 Å². The van der Waals surface area contributed by atoms with Crippen LogP contribution in [0.1, 0.15) is 52.7 Å². The van der Waals surface area contributed by atoms with Gasteiger partial charge in [0.05, 0.1) is 11.1 Å². The molecule has 200 valence electrons. The Kier molecular flexibility index (Phi) is 7.11. The molecule has 0 radical (unpaired) electrons. The molecule has 0 spiro atoms. The van der Waals surface area contributed by atoms with Crippen LogP contribution in [0.5, 0.6) is 0 Å². The standard InChI is InChI=1S/C30H26F7N/c31-26(22-15-23(29(32,33)34)17-24(16-22)30(35,36)37)18-25-19-11-13-38(14-12-19)28(25)27(20-7-3-1-4-8-20)21-9-5-2-6-10-21/h1-10,15-19,26-28H,11-14H2/b25-18+. The van der Waals surface area contributed by atoms with Gasteiger partial charge in [-0.15, -0.1) is 0 Å². The number of fused-ring (bicyclic) bond motifs is 3. The van der Waals surface area contributed by atoms with E-state index in [9.17, 15) is 26.3 Å². The molecule has 3 aliphatic rings. The Morgan fingerprint density at radius 1 is 0.684 bits per heavy atom. The van der Waals surface area contributed by atoms with E-state index in [4.69, 9.17) is 0 Å². The van der Waals surface area contributed by atoms with Gasteiger partial charge in [0.2, 0.25) is 0 Å². The van der Waals surface area contributed by atoms with E-state index in [1.807, 2.05) is 60.7 Å². The number of benzene rings is 3. The zero-order valence-electron chi connectivity index (χ0n) is 20.3. The van der Waals surface area contributed by atoms with Crippen LogP contribution in [-0.2, 0) is 12.4 Å². The fraction of sp³-hybridized carbons (Fsp3) is 0.333. The van der Waals surface area contributed by atoms with Gasteiger partial charge in [0, 0.05) is 12.0 Å². The fourth-order valence-electron chi connectivity index (χ4n) is 5.88. The summed E-state index contributed by atoms with van der Waals surface area (Å²) in [6.07, 6.45) is -9.39. The lowest BCUT2D eigenvalue weighted by Crippen LogP contribution is -2.53. The molecule has 3 fully saturated rings. The fourth-order valence-corrected chi connectivity index (χ4v) is 5.88. The molecule has 1 nitrogen and oxygen atoms in total. The quantitative estimate of drug-likeness (QED) is 0.235. The molecular formula is C30H26F7N. The van der Waals surface area contributed by atoms with Crippen LogP contribution in [0.3, 0.4) is 0 Å². The summed E-state index contributed by atoms with van der Waals surface area (Å²) in [5.74, 6) is -0.169. The summed E-state index contributed by atoms with van der Waals surface area (Å²) >= 11 is 0. The molecule has 3 heterocycles. The Morgan fingerprint density at radius 2 is 1.16 bits per heavy atom. The van der Waals surface area contributed by atoms with Crippen molar-refractivity contribution in [3.8, 4) is 0 Å². The second kappa shape index (κ2) is 10.2. The third-order valence-corrected chi connectivity index (χ3v) is 7.64. The molecule has 6 rings (SSSR count). The molecule has 8 heteroatoms. The molecule has 2 unspecified atom stereocenters. The Labute approximate surface area is 216 Å². The van der Waals surface area contributed by atoms with Crippen LogP contribution in [0.4, 0.5) is 30.7 Å². The summed E-state index contributed by atoms with van der Waals surface area (Å²) in [5.41, 5.74) is -0.919. The van der Waals surface area contributed by atoms with Gasteiger partial charge < -0.3 is 0 Å². The molecule has 3 aromatic rings. The van der Waals surface area contributed by atoms with E-state index < -0.39 is 35.2 Å². The van der Waals surface area contributed by atoms with Gasteiger partial charge in [-0.05, 0) is 78.4 Å². The summed E-state index contributed by atoms with van der Waals surface area (Å²) in [5, 5.41) is 0. The zero-order valence-corrected chi connectivity index (χ0v) is 20.3. The van der Waals surface area contributed by atoms with Gasteiger partial charge in [0.15, 0.2) is 0 Å². The number of halogens is 7. The van der Waals surface area contributed by atoms with Crippen LogP contribution in [0.25, 0.3) is 0 Å². The van der Waals surface area contributed by atoms with Crippen molar-refractivity contribution in [3.63, 3.8) is 0 Å². The maximum absolute atomic E-state index is 15.8. The molecule has 2 atom stereocenters. The molecule has 2 bridgehead atoms. The molecule has 0 N–H and O–H groups in total. The average Bonchev–Trinajstić information content (AvgIpc) is 2.90. The average molecular weight is 534 g/mol. The SMILES string of the molecule is FC(/C=C1\C2CCN(CC2)C1C(c1ccccc1)c1ccccc1)c1cc(C(F)(F)F)cc(C(F)(F)F)c1. The molecule has 0 aliphatic carbocycles. The van der Waals surface area contributed by atoms with Crippen LogP contribution >= 0.6 is 0 Å². The molecule has 3 aliphatic heterocycles. The van der Waals surface area contributed by atoms with Gasteiger partial charge in [-0.25, -0.2) is 4.39 Å². The van der Waals surface area contributed by atoms with Crippen LogP contribution in [0.15, 0.2) is 90.5 Å². The van der Waals surface area contributed by atoms with Gasteiger partial charge in [0.25, 0.3) is 0 Å². The van der Waals surface area contributed by atoms with Crippen LogP contribution < -0.4 is 0 Å². The monoisotopic (exact) mass is 533 g/mol. The van der Waals surface area contributed by atoms with E-state index >= 15 is 4.39 Å². The van der Waals surface area contributed by atoms with Gasteiger partial charge in [0.1, 0.15) is 6.17 Å². The summed E-state index contributed by atoms with van der Waals surface area (Å²) < 4.78 is 96.3. The third kappa shape index (κ3) is 5.37. The molecule has 0 saturated carbocycles. The van der Waals surface area contributed by atoms with E-state index in [0.717, 1.165) is 42.6 Å². The van der Waals surface area contributed by atoms with E-state index in [0.29, 0.717) is 12.1 Å². The molecule has 38 heavy (non-hydrogen) atoms. The number of rotatable bonds is 5. The van der Waals surface area contributed by atoms with E-state index in [2.05, 4.69) is 4.90 Å². The first-order valence-corrected chi connectivity index (χ1v) is 12.5. The molecular weight excluding hydrogens is 507 g/mol. The second-order valence-electron chi connectivity index (χ2n) is 9.96. The normalized spacial score (nSPS) is 23.7. The maximum Gasteiger partial charge on any atom is 0.416 e. The van der Waals surface area contributed by atoms with Gasteiger partial charge in [-0.3, -0.25) is 4.90 Å². The molecule has 0 amide bonds. The summed E-state index contributed by atoms with van der Waals surface area (Å²) in [6.45, 7) is 1.59. The third-order valence-electron chi connectivity index (χ3n) is 7.64. The minimum absolute atomic E-state index is 0.00561. The predicted molar refractivity (Wildman–Crippen MR) is 131 cm³/mol. The Morgan fingerprint density at radius 3 is 1.61 bits per heavy atom. The number of allylic oxidation sites excluding steroid dienone is 1. The maximum atomic E-state index is 15.8. The predicted octanol–water partition coefficient (Wildman–Crippen LogP) is 8.59. The highest BCUT2D eigenvalue weighted by atomic mass is 19.4. The lowest BCUT2D eigenvalue weighted by Gasteiger charge is -2.51. The topological polar surface area (TPSA) is 3.24 Å². The van der Waals surface area contributed by atoms with Gasteiger partial charge in [-0.2, -0.15) is 26.3 Å². The van der Waals surface area contributed by atoms with Crippen molar-refractivity contribution in [2.24, 2.45) is 5.92 Å². The van der Waals surface area contributed by atoms with Crippen LogP contribution in [0, 0.1) is 5.92 Å². The number of piperidine rings is 3. The van der Waals surface area contributed by atoms with Crippen molar-refractivity contribution in [2.45, 2.75) is 43.3 Å². The smallest absolute Gasteiger partial charge is 0.296 e. The van der Waals surface area contributed by atoms with Crippen LogP contribution in [0.2, 0.25) is 0 Å².